The molecule has 2 aromatic rings. The number of aromatic nitrogens is 3. The molecule has 0 aliphatic carbocycles. The molecule has 0 fully saturated rings. The predicted octanol–water partition coefficient (Wildman–Crippen LogP) is 2.82. The van der Waals surface area contributed by atoms with Crippen LogP contribution in [0.5, 0.6) is 5.75 Å². The standard InChI is InChI=1S/C12H12ClN3O/c1-7-4-9(5-8(2)11(7)17-3)10-12(13)14-6-15-16-10/h4-6H,1-3H3. The van der Waals surface area contributed by atoms with Crippen LogP contribution in [0.4, 0.5) is 0 Å². The lowest BCUT2D eigenvalue weighted by Crippen LogP contribution is -1.95. The number of halogens is 1. The summed E-state index contributed by atoms with van der Waals surface area (Å²) in [5, 5.41) is 8.10. The van der Waals surface area contributed by atoms with E-state index in [2.05, 4.69) is 15.2 Å². The number of hydrogen-bond donors (Lipinski definition) is 0. The highest BCUT2D eigenvalue weighted by Crippen LogP contribution is 2.30. The average molecular weight is 250 g/mol. The van der Waals surface area contributed by atoms with Crippen LogP contribution >= 0.6 is 11.6 Å². The van der Waals surface area contributed by atoms with Gasteiger partial charge in [-0.15, -0.1) is 10.2 Å². The van der Waals surface area contributed by atoms with Gasteiger partial charge in [0.05, 0.1) is 7.11 Å². The molecule has 0 saturated heterocycles. The van der Waals surface area contributed by atoms with E-state index in [-0.39, 0.29) is 0 Å². The van der Waals surface area contributed by atoms with Crippen LogP contribution in [0, 0.1) is 13.8 Å². The van der Waals surface area contributed by atoms with Gasteiger partial charge in [-0.25, -0.2) is 4.98 Å². The molecule has 0 N–H and O–H groups in total. The number of methoxy groups -OCH3 is 1. The van der Waals surface area contributed by atoms with Crippen molar-refractivity contribution >= 4 is 11.6 Å². The first-order chi connectivity index (χ1) is 8.13. The van der Waals surface area contributed by atoms with Crippen LogP contribution in [-0.4, -0.2) is 22.3 Å². The Morgan fingerprint density at radius 2 is 1.82 bits per heavy atom. The van der Waals surface area contributed by atoms with Crippen LogP contribution in [0.3, 0.4) is 0 Å². The summed E-state index contributed by atoms with van der Waals surface area (Å²) in [6.45, 7) is 3.96. The highest BCUT2D eigenvalue weighted by molar-refractivity contribution is 6.31. The number of ether oxygens (including phenoxy) is 1. The van der Waals surface area contributed by atoms with Crippen molar-refractivity contribution in [3.63, 3.8) is 0 Å². The summed E-state index contributed by atoms with van der Waals surface area (Å²) in [6, 6.07) is 3.92. The lowest BCUT2D eigenvalue weighted by atomic mass is 10.0. The van der Waals surface area contributed by atoms with Gasteiger partial charge in [-0.3, -0.25) is 0 Å². The smallest absolute Gasteiger partial charge is 0.159 e. The van der Waals surface area contributed by atoms with E-state index in [0.29, 0.717) is 10.8 Å². The molecule has 0 amide bonds. The van der Waals surface area contributed by atoms with Crippen molar-refractivity contribution in [1.82, 2.24) is 15.2 Å². The minimum atomic E-state index is 0.351. The van der Waals surface area contributed by atoms with E-state index in [0.717, 1.165) is 22.4 Å². The molecule has 17 heavy (non-hydrogen) atoms. The summed E-state index contributed by atoms with van der Waals surface area (Å²) in [4.78, 5) is 3.92. The molecule has 0 saturated carbocycles. The number of nitrogens with zero attached hydrogens (tertiary/aromatic N) is 3. The fourth-order valence-corrected chi connectivity index (χ4v) is 2.04. The first-order valence-corrected chi connectivity index (χ1v) is 5.50. The van der Waals surface area contributed by atoms with Crippen LogP contribution in [0.1, 0.15) is 11.1 Å². The van der Waals surface area contributed by atoms with Gasteiger partial charge in [-0.05, 0) is 37.1 Å². The van der Waals surface area contributed by atoms with E-state index in [4.69, 9.17) is 16.3 Å². The first-order valence-electron chi connectivity index (χ1n) is 5.12. The van der Waals surface area contributed by atoms with Crippen molar-refractivity contribution in [2.24, 2.45) is 0 Å². The maximum Gasteiger partial charge on any atom is 0.159 e. The van der Waals surface area contributed by atoms with Crippen molar-refractivity contribution in [2.75, 3.05) is 7.11 Å². The first kappa shape index (κ1) is 11.8. The quantitative estimate of drug-likeness (QED) is 0.821. The van der Waals surface area contributed by atoms with Gasteiger partial charge < -0.3 is 4.74 Å². The maximum absolute atomic E-state index is 5.99. The fourth-order valence-electron chi connectivity index (χ4n) is 1.85. The Hall–Kier alpha value is -1.68. The second-order valence-corrected chi connectivity index (χ2v) is 4.10. The van der Waals surface area contributed by atoms with Crippen LogP contribution in [-0.2, 0) is 0 Å². The van der Waals surface area contributed by atoms with E-state index >= 15 is 0 Å². The molecular formula is C12H12ClN3O. The van der Waals surface area contributed by atoms with Gasteiger partial charge in [-0.1, -0.05) is 11.6 Å². The van der Waals surface area contributed by atoms with Crippen LogP contribution in [0.2, 0.25) is 5.15 Å². The van der Waals surface area contributed by atoms with Gasteiger partial charge in [0.1, 0.15) is 17.8 Å². The molecule has 0 aliphatic rings. The van der Waals surface area contributed by atoms with Gasteiger partial charge in [0.2, 0.25) is 0 Å². The zero-order valence-corrected chi connectivity index (χ0v) is 10.6. The SMILES string of the molecule is COc1c(C)cc(-c2nncnc2Cl)cc1C. The highest BCUT2D eigenvalue weighted by Gasteiger charge is 2.11. The topological polar surface area (TPSA) is 47.9 Å². The van der Waals surface area contributed by atoms with Crippen LogP contribution < -0.4 is 4.74 Å². The summed E-state index contributed by atoms with van der Waals surface area (Å²) in [5.74, 6) is 0.877. The molecule has 88 valence electrons. The highest BCUT2D eigenvalue weighted by atomic mass is 35.5. The third-order valence-electron chi connectivity index (χ3n) is 2.51. The normalized spacial score (nSPS) is 10.4. The lowest BCUT2D eigenvalue weighted by molar-refractivity contribution is 0.408. The van der Waals surface area contributed by atoms with Gasteiger partial charge in [0, 0.05) is 5.56 Å². The molecule has 0 atom stereocenters. The molecular weight excluding hydrogens is 238 g/mol. The van der Waals surface area contributed by atoms with Crippen molar-refractivity contribution in [2.45, 2.75) is 13.8 Å². The van der Waals surface area contributed by atoms with E-state index in [1.165, 1.54) is 6.33 Å². The molecule has 1 heterocycles. The van der Waals surface area contributed by atoms with Crippen LogP contribution in [0.15, 0.2) is 18.5 Å². The summed E-state index contributed by atoms with van der Waals surface area (Å²) >= 11 is 5.99. The number of rotatable bonds is 2. The average Bonchev–Trinajstić information content (AvgIpc) is 2.29. The summed E-state index contributed by atoms with van der Waals surface area (Å²) in [7, 11) is 1.66. The Kier molecular flexibility index (Phi) is 3.24. The third-order valence-corrected chi connectivity index (χ3v) is 2.79. The number of benzene rings is 1. The minimum absolute atomic E-state index is 0.351. The zero-order valence-electron chi connectivity index (χ0n) is 9.86. The van der Waals surface area contributed by atoms with Crippen molar-refractivity contribution in [3.8, 4) is 17.0 Å². The van der Waals surface area contributed by atoms with E-state index in [9.17, 15) is 0 Å². The molecule has 5 heteroatoms. The van der Waals surface area contributed by atoms with Crippen molar-refractivity contribution in [3.05, 3.63) is 34.7 Å². The molecule has 0 unspecified atom stereocenters. The fraction of sp³-hybridized carbons (Fsp3) is 0.250. The molecule has 2 rings (SSSR count). The summed E-state index contributed by atoms with van der Waals surface area (Å²) < 4.78 is 5.31. The van der Waals surface area contributed by atoms with Gasteiger partial charge in [0.25, 0.3) is 0 Å². The minimum Gasteiger partial charge on any atom is -0.496 e. The Morgan fingerprint density at radius 1 is 1.18 bits per heavy atom. The van der Waals surface area contributed by atoms with E-state index < -0.39 is 0 Å². The molecule has 1 aromatic carbocycles. The molecule has 4 nitrogen and oxygen atoms in total. The maximum atomic E-state index is 5.99. The van der Waals surface area contributed by atoms with Gasteiger partial charge in [-0.2, -0.15) is 0 Å². The number of aryl methyl sites for hydroxylation is 2. The molecule has 0 radical (unpaired) electrons. The monoisotopic (exact) mass is 249 g/mol. The molecule has 0 spiro atoms. The van der Waals surface area contributed by atoms with Crippen molar-refractivity contribution in [1.29, 1.82) is 0 Å². The van der Waals surface area contributed by atoms with Crippen molar-refractivity contribution < 1.29 is 4.74 Å². The molecule has 0 bridgehead atoms. The van der Waals surface area contributed by atoms with Crippen LogP contribution in [0.25, 0.3) is 11.3 Å². The molecule has 0 aliphatic heterocycles. The van der Waals surface area contributed by atoms with Gasteiger partial charge >= 0.3 is 0 Å². The third kappa shape index (κ3) is 2.22. The Bertz CT molecular complexity index is 534. The number of hydrogen-bond acceptors (Lipinski definition) is 4. The molecule has 1 aromatic heterocycles. The largest absolute Gasteiger partial charge is 0.496 e. The summed E-state index contributed by atoms with van der Waals surface area (Å²) in [6.07, 6.45) is 1.33. The second kappa shape index (κ2) is 4.67. The lowest BCUT2D eigenvalue weighted by Gasteiger charge is -2.10. The Balaban J connectivity index is 2.59. The summed E-state index contributed by atoms with van der Waals surface area (Å²) in [5.41, 5.74) is 3.54. The predicted molar refractivity (Wildman–Crippen MR) is 66.3 cm³/mol. The van der Waals surface area contributed by atoms with E-state index in [1.807, 2.05) is 26.0 Å². The zero-order chi connectivity index (χ0) is 12.4. The van der Waals surface area contributed by atoms with E-state index in [1.54, 1.807) is 7.11 Å². The second-order valence-electron chi connectivity index (χ2n) is 3.74. The Labute approximate surface area is 105 Å². The van der Waals surface area contributed by atoms with Gasteiger partial charge in [0.15, 0.2) is 5.15 Å². The Morgan fingerprint density at radius 3 is 2.35 bits per heavy atom.